The maximum atomic E-state index is 12.5. The van der Waals surface area contributed by atoms with Crippen molar-refractivity contribution in [1.29, 1.82) is 0 Å². The van der Waals surface area contributed by atoms with Gasteiger partial charge in [0, 0.05) is 13.3 Å². The minimum absolute atomic E-state index is 0.449. The van der Waals surface area contributed by atoms with Gasteiger partial charge in [-0.05, 0) is 0 Å². The van der Waals surface area contributed by atoms with E-state index >= 15 is 0 Å². The quantitative estimate of drug-likeness (QED) is 0.542. The number of hydrazone groups is 1. The lowest BCUT2D eigenvalue weighted by atomic mass is 10.1. The van der Waals surface area contributed by atoms with Crippen LogP contribution in [0, 0.1) is 5.92 Å². The molecule has 0 fully saturated rings. The highest BCUT2D eigenvalue weighted by Gasteiger charge is 2.48. The normalized spacial score (nSPS) is 20.5. The minimum atomic E-state index is -4.72. The monoisotopic (exact) mass is 265 g/mol. The Morgan fingerprint density at radius 1 is 1.61 bits per heavy atom. The Morgan fingerprint density at radius 3 is 2.72 bits per heavy atom. The first-order chi connectivity index (χ1) is 8.27. The van der Waals surface area contributed by atoms with Gasteiger partial charge in [-0.25, -0.2) is 5.01 Å². The van der Waals surface area contributed by atoms with Gasteiger partial charge in [0.1, 0.15) is 12.5 Å². The average Bonchev–Trinajstić information content (AvgIpc) is 2.56. The number of carbonyl (C=O) groups excluding carboxylic acids is 2. The standard InChI is InChI=1S/C9H10F3N3O3/c1-15-8(17)5(3-13-4-6(16)18-2)7(14-15)9(10,11)12/h3,5H,4H2,1-2H3/t5-/m1/s1. The summed E-state index contributed by atoms with van der Waals surface area (Å²) in [6.07, 6.45) is -3.96. The highest BCUT2D eigenvalue weighted by molar-refractivity contribution is 6.20. The van der Waals surface area contributed by atoms with Crippen LogP contribution in [0.3, 0.4) is 0 Å². The Balaban J connectivity index is 2.83. The molecule has 1 amide bonds. The van der Waals surface area contributed by atoms with Gasteiger partial charge in [-0.3, -0.25) is 14.6 Å². The summed E-state index contributed by atoms with van der Waals surface area (Å²) in [6.45, 7) is -0.449. The molecule has 0 aliphatic carbocycles. The van der Waals surface area contributed by atoms with Crippen LogP contribution in [0.4, 0.5) is 13.2 Å². The van der Waals surface area contributed by atoms with Crippen LogP contribution in [0.5, 0.6) is 0 Å². The summed E-state index contributed by atoms with van der Waals surface area (Å²) in [7, 11) is 2.23. The van der Waals surface area contributed by atoms with E-state index in [1.54, 1.807) is 0 Å². The molecular weight excluding hydrogens is 255 g/mol. The van der Waals surface area contributed by atoms with Gasteiger partial charge in [-0.15, -0.1) is 0 Å². The number of alkyl halides is 3. The third-order valence-corrected chi connectivity index (χ3v) is 2.13. The van der Waals surface area contributed by atoms with Gasteiger partial charge < -0.3 is 4.74 Å². The number of esters is 1. The van der Waals surface area contributed by atoms with Gasteiger partial charge >= 0.3 is 12.1 Å². The molecule has 0 spiro atoms. The molecule has 0 radical (unpaired) electrons. The molecule has 6 nitrogen and oxygen atoms in total. The van der Waals surface area contributed by atoms with Crippen LogP contribution in [-0.2, 0) is 14.3 Å². The number of halogens is 3. The summed E-state index contributed by atoms with van der Waals surface area (Å²) in [5.41, 5.74) is -1.25. The van der Waals surface area contributed by atoms with Crippen molar-refractivity contribution in [3.05, 3.63) is 0 Å². The first-order valence-electron chi connectivity index (χ1n) is 4.77. The summed E-state index contributed by atoms with van der Waals surface area (Å²) < 4.78 is 41.9. The van der Waals surface area contributed by atoms with Crippen molar-refractivity contribution in [2.45, 2.75) is 6.18 Å². The van der Waals surface area contributed by atoms with E-state index in [4.69, 9.17) is 0 Å². The molecule has 0 aromatic heterocycles. The minimum Gasteiger partial charge on any atom is -0.468 e. The molecule has 0 N–H and O–H groups in total. The molecular formula is C9H10F3N3O3. The third-order valence-electron chi connectivity index (χ3n) is 2.13. The van der Waals surface area contributed by atoms with E-state index in [2.05, 4.69) is 14.8 Å². The summed E-state index contributed by atoms with van der Waals surface area (Å²) >= 11 is 0. The molecule has 100 valence electrons. The highest BCUT2D eigenvalue weighted by Crippen LogP contribution is 2.27. The predicted molar refractivity (Wildman–Crippen MR) is 55.1 cm³/mol. The molecule has 1 heterocycles. The van der Waals surface area contributed by atoms with Gasteiger partial charge in [-0.2, -0.15) is 18.3 Å². The number of nitrogens with zero attached hydrogens (tertiary/aromatic N) is 3. The van der Waals surface area contributed by atoms with Crippen LogP contribution < -0.4 is 0 Å². The van der Waals surface area contributed by atoms with Crippen molar-refractivity contribution in [1.82, 2.24) is 5.01 Å². The highest BCUT2D eigenvalue weighted by atomic mass is 19.4. The summed E-state index contributed by atoms with van der Waals surface area (Å²) in [5.74, 6) is -3.17. The maximum Gasteiger partial charge on any atom is 0.432 e. The van der Waals surface area contributed by atoms with Crippen LogP contribution in [0.1, 0.15) is 0 Å². The van der Waals surface area contributed by atoms with Gasteiger partial charge in [-0.1, -0.05) is 0 Å². The van der Waals surface area contributed by atoms with Crippen molar-refractivity contribution in [2.24, 2.45) is 16.0 Å². The van der Waals surface area contributed by atoms with Crippen molar-refractivity contribution in [2.75, 3.05) is 20.7 Å². The zero-order chi connectivity index (χ0) is 13.9. The molecule has 0 saturated heterocycles. The van der Waals surface area contributed by atoms with E-state index in [1.807, 2.05) is 0 Å². The summed E-state index contributed by atoms with van der Waals surface area (Å²) in [6, 6.07) is 0. The van der Waals surface area contributed by atoms with Crippen molar-refractivity contribution in [3.8, 4) is 0 Å². The van der Waals surface area contributed by atoms with Crippen molar-refractivity contribution >= 4 is 23.8 Å². The molecule has 1 aliphatic rings. The second-order valence-corrected chi connectivity index (χ2v) is 3.39. The lowest BCUT2D eigenvalue weighted by molar-refractivity contribution is -0.138. The first-order valence-corrected chi connectivity index (χ1v) is 4.77. The van der Waals surface area contributed by atoms with E-state index in [-0.39, 0.29) is 0 Å². The predicted octanol–water partition coefficient (Wildman–Crippen LogP) is 0.237. The Bertz CT molecular complexity index is 417. The molecule has 0 bridgehead atoms. The number of carbonyl (C=O) groups is 2. The van der Waals surface area contributed by atoms with Gasteiger partial charge in [0.2, 0.25) is 0 Å². The molecule has 18 heavy (non-hydrogen) atoms. The topological polar surface area (TPSA) is 71.3 Å². The number of methoxy groups -OCH3 is 1. The third kappa shape index (κ3) is 3.05. The van der Waals surface area contributed by atoms with E-state index in [0.29, 0.717) is 5.01 Å². The SMILES string of the molecule is COC(=O)CN=C[C@H]1C(=O)N(C)N=C1C(F)(F)F. The zero-order valence-electron chi connectivity index (χ0n) is 9.56. The van der Waals surface area contributed by atoms with Crippen molar-refractivity contribution in [3.63, 3.8) is 0 Å². The van der Waals surface area contributed by atoms with Crippen molar-refractivity contribution < 1.29 is 27.5 Å². The summed E-state index contributed by atoms with van der Waals surface area (Å²) in [5, 5.41) is 3.70. The molecule has 1 rings (SSSR count). The van der Waals surface area contributed by atoms with Crippen LogP contribution in [-0.4, -0.2) is 55.7 Å². The number of hydrogen-bond donors (Lipinski definition) is 0. The van der Waals surface area contributed by atoms with E-state index in [0.717, 1.165) is 20.4 Å². The number of rotatable bonds is 3. The Morgan fingerprint density at radius 2 is 2.22 bits per heavy atom. The Labute approximate surface area is 100 Å². The van der Waals surface area contributed by atoms with Crippen LogP contribution in [0.2, 0.25) is 0 Å². The number of amides is 1. The fourth-order valence-electron chi connectivity index (χ4n) is 1.26. The fourth-order valence-corrected chi connectivity index (χ4v) is 1.26. The lowest BCUT2D eigenvalue weighted by Gasteiger charge is -2.08. The Hall–Kier alpha value is -1.93. The van der Waals surface area contributed by atoms with E-state index < -0.39 is 36.2 Å². The Kier molecular flexibility index (Phi) is 4.04. The van der Waals surface area contributed by atoms with Crippen LogP contribution in [0.15, 0.2) is 10.1 Å². The lowest BCUT2D eigenvalue weighted by Crippen LogP contribution is -2.33. The zero-order valence-corrected chi connectivity index (χ0v) is 9.56. The molecule has 0 aromatic rings. The van der Waals surface area contributed by atoms with E-state index in [9.17, 15) is 22.8 Å². The second-order valence-electron chi connectivity index (χ2n) is 3.39. The first kappa shape index (κ1) is 14.1. The van der Waals surface area contributed by atoms with Crippen LogP contribution >= 0.6 is 0 Å². The molecule has 9 heteroatoms. The molecule has 1 aliphatic heterocycles. The smallest absolute Gasteiger partial charge is 0.432 e. The molecule has 0 saturated carbocycles. The summed E-state index contributed by atoms with van der Waals surface area (Å²) in [4.78, 5) is 25.6. The number of hydrogen-bond acceptors (Lipinski definition) is 5. The number of aliphatic imine (C=N–C) groups is 1. The average molecular weight is 265 g/mol. The van der Waals surface area contributed by atoms with Crippen LogP contribution in [0.25, 0.3) is 0 Å². The largest absolute Gasteiger partial charge is 0.468 e. The second kappa shape index (κ2) is 5.15. The van der Waals surface area contributed by atoms with Gasteiger partial charge in [0.25, 0.3) is 5.91 Å². The molecule has 0 aromatic carbocycles. The maximum absolute atomic E-state index is 12.5. The van der Waals surface area contributed by atoms with Gasteiger partial charge in [0.05, 0.1) is 7.11 Å². The molecule has 1 atom stereocenters. The van der Waals surface area contributed by atoms with E-state index in [1.165, 1.54) is 0 Å². The molecule has 0 unspecified atom stereocenters. The fraction of sp³-hybridized carbons (Fsp3) is 0.556. The van der Waals surface area contributed by atoms with Gasteiger partial charge in [0.15, 0.2) is 5.71 Å². The number of ether oxygens (including phenoxy) is 1.